The number of nitrogens with two attached hydrogens (primary N) is 1. The van der Waals surface area contributed by atoms with Gasteiger partial charge in [-0.2, -0.15) is 0 Å². The first-order valence-corrected chi connectivity index (χ1v) is 7.94. The summed E-state index contributed by atoms with van der Waals surface area (Å²) in [6, 6.07) is -2.94. The molecule has 1 aliphatic rings. The molecule has 0 aliphatic carbocycles. The first kappa shape index (κ1) is 20.5. The minimum atomic E-state index is -1.25. The Balaban J connectivity index is 3.15. The standard InChI is InChI=1S/C14H24N4O7/c1-4-23-11(19)9-8(16-17-13(15)21)7-18(14(22)25-6-3)10(9)12(20)24-5-2/h8-10,16H,4-7H2,1-3H3,(H3,15,17,21)/t8-,9+,10+/m1/s1. The molecule has 1 heterocycles. The lowest BCUT2D eigenvalue weighted by Crippen LogP contribution is -2.52. The summed E-state index contributed by atoms with van der Waals surface area (Å²) >= 11 is 0. The van der Waals surface area contributed by atoms with Crippen LogP contribution >= 0.6 is 0 Å². The van der Waals surface area contributed by atoms with Crippen LogP contribution in [0.15, 0.2) is 0 Å². The van der Waals surface area contributed by atoms with Crippen LogP contribution < -0.4 is 16.6 Å². The molecular weight excluding hydrogens is 336 g/mol. The monoisotopic (exact) mass is 360 g/mol. The van der Waals surface area contributed by atoms with Gasteiger partial charge in [0, 0.05) is 6.54 Å². The molecule has 0 bridgehead atoms. The van der Waals surface area contributed by atoms with Crippen molar-refractivity contribution in [2.45, 2.75) is 32.9 Å². The van der Waals surface area contributed by atoms with E-state index in [9.17, 15) is 19.2 Å². The fourth-order valence-corrected chi connectivity index (χ4v) is 2.58. The number of rotatable bonds is 7. The maximum atomic E-state index is 12.4. The van der Waals surface area contributed by atoms with Crippen LogP contribution in [0, 0.1) is 5.92 Å². The highest BCUT2D eigenvalue weighted by molar-refractivity contribution is 5.89. The maximum absolute atomic E-state index is 12.4. The fraction of sp³-hybridized carbons (Fsp3) is 0.714. The molecule has 1 fully saturated rings. The summed E-state index contributed by atoms with van der Waals surface area (Å²) in [5.74, 6) is -2.58. The smallest absolute Gasteiger partial charge is 0.410 e. The summed E-state index contributed by atoms with van der Waals surface area (Å²) in [6.45, 7) is 4.98. The molecule has 3 atom stereocenters. The fourth-order valence-electron chi connectivity index (χ4n) is 2.58. The van der Waals surface area contributed by atoms with Gasteiger partial charge in [-0.25, -0.2) is 19.8 Å². The first-order chi connectivity index (χ1) is 11.9. The molecule has 0 saturated carbocycles. The van der Waals surface area contributed by atoms with Gasteiger partial charge in [-0.1, -0.05) is 0 Å². The third kappa shape index (κ3) is 5.21. The van der Waals surface area contributed by atoms with Gasteiger partial charge < -0.3 is 19.9 Å². The Labute approximate surface area is 145 Å². The Morgan fingerprint density at radius 3 is 2.08 bits per heavy atom. The number of hydrogen-bond donors (Lipinski definition) is 3. The van der Waals surface area contributed by atoms with E-state index in [2.05, 4.69) is 10.9 Å². The third-order valence-electron chi connectivity index (χ3n) is 3.47. The lowest BCUT2D eigenvalue weighted by Gasteiger charge is -2.25. The zero-order chi connectivity index (χ0) is 19.0. The second-order valence-corrected chi connectivity index (χ2v) is 5.07. The number of nitrogens with one attached hydrogen (secondary N) is 2. The average Bonchev–Trinajstić information content (AvgIpc) is 2.93. The Morgan fingerprint density at radius 2 is 1.56 bits per heavy atom. The highest BCUT2D eigenvalue weighted by Crippen LogP contribution is 2.28. The van der Waals surface area contributed by atoms with Crippen LogP contribution in [-0.4, -0.2) is 67.4 Å². The van der Waals surface area contributed by atoms with E-state index in [-0.39, 0.29) is 26.4 Å². The second-order valence-electron chi connectivity index (χ2n) is 5.07. The number of hydrazine groups is 1. The number of hydrogen-bond acceptors (Lipinski definition) is 8. The van der Waals surface area contributed by atoms with Crippen molar-refractivity contribution in [2.75, 3.05) is 26.4 Å². The summed E-state index contributed by atoms with van der Waals surface area (Å²) in [4.78, 5) is 48.9. The highest BCUT2D eigenvalue weighted by Gasteiger charge is 2.53. The number of urea groups is 1. The Morgan fingerprint density at radius 1 is 1.00 bits per heavy atom. The lowest BCUT2D eigenvalue weighted by molar-refractivity contribution is -0.158. The van der Waals surface area contributed by atoms with Crippen molar-refractivity contribution in [1.29, 1.82) is 0 Å². The number of amides is 3. The quantitative estimate of drug-likeness (QED) is 0.301. The van der Waals surface area contributed by atoms with Crippen LogP contribution in [0.2, 0.25) is 0 Å². The Hall–Kier alpha value is -2.56. The minimum absolute atomic E-state index is 0.0686. The lowest BCUT2D eigenvalue weighted by atomic mass is 9.96. The number of esters is 2. The number of nitrogens with zero attached hydrogens (tertiary/aromatic N) is 1. The van der Waals surface area contributed by atoms with Crippen LogP contribution in [0.4, 0.5) is 9.59 Å². The summed E-state index contributed by atoms with van der Waals surface area (Å²) < 4.78 is 14.9. The molecule has 25 heavy (non-hydrogen) atoms. The molecule has 4 N–H and O–H groups in total. The molecule has 0 aromatic heterocycles. The normalized spacial score (nSPS) is 22.2. The molecule has 1 aliphatic heterocycles. The summed E-state index contributed by atoms with van der Waals surface area (Å²) in [6.07, 6.45) is -0.779. The van der Waals surface area contributed by atoms with Crippen LogP contribution in [-0.2, 0) is 23.8 Å². The number of ether oxygens (including phenoxy) is 3. The predicted molar refractivity (Wildman–Crippen MR) is 83.9 cm³/mol. The second kappa shape index (κ2) is 9.67. The molecule has 11 heteroatoms. The van der Waals surface area contributed by atoms with Gasteiger partial charge in [0.2, 0.25) is 0 Å². The number of carbonyl (C=O) groups excluding carboxylic acids is 4. The summed E-state index contributed by atoms with van der Waals surface area (Å²) in [5.41, 5.74) is 9.70. The van der Waals surface area contributed by atoms with Crippen molar-refractivity contribution < 1.29 is 33.4 Å². The molecule has 0 radical (unpaired) electrons. The van der Waals surface area contributed by atoms with Crippen molar-refractivity contribution in [3.05, 3.63) is 0 Å². The van der Waals surface area contributed by atoms with Gasteiger partial charge in [-0.3, -0.25) is 15.1 Å². The van der Waals surface area contributed by atoms with Gasteiger partial charge in [-0.15, -0.1) is 0 Å². The zero-order valence-electron chi connectivity index (χ0n) is 14.4. The Kier molecular flexibility index (Phi) is 7.92. The summed E-state index contributed by atoms with van der Waals surface area (Å²) in [5, 5.41) is 0. The molecule has 3 amide bonds. The van der Waals surface area contributed by atoms with Crippen LogP contribution in [0.5, 0.6) is 0 Å². The minimum Gasteiger partial charge on any atom is -0.466 e. The van der Waals surface area contributed by atoms with E-state index in [1.165, 1.54) is 0 Å². The molecule has 0 spiro atoms. The predicted octanol–water partition coefficient (Wildman–Crippen LogP) is -0.889. The van der Waals surface area contributed by atoms with Gasteiger partial charge in [0.1, 0.15) is 12.0 Å². The molecular formula is C14H24N4O7. The SMILES string of the molecule is CCOC(=O)[C@@H]1[C@@H](C(=O)OCC)N(C(=O)OCC)C[C@H]1NNC(N)=O. The number of carbonyl (C=O) groups is 4. The Bertz CT molecular complexity index is 513. The van der Waals surface area contributed by atoms with E-state index in [1.807, 2.05) is 0 Å². The van der Waals surface area contributed by atoms with Gasteiger partial charge >= 0.3 is 24.1 Å². The van der Waals surface area contributed by atoms with Crippen LogP contribution in [0.3, 0.4) is 0 Å². The number of likely N-dealkylation sites (tertiary alicyclic amines) is 1. The number of primary amides is 1. The van der Waals surface area contributed by atoms with Crippen LogP contribution in [0.25, 0.3) is 0 Å². The van der Waals surface area contributed by atoms with E-state index in [1.54, 1.807) is 20.8 Å². The first-order valence-electron chi connectivity index (χ1n) is 7.94. The molecule has 1 rings (SSSR count). The molecule has 0 unspecified atom stereocenters. The molecule has 0 aromatic rings. The van der Waals surface area contributed by atoms with Crippen molar-refractivity contribution in [2.24, 2.45) is 11.7 Å². The van der Waals surface area contributed by atoms with Crippen molar-refractivity contribution >= 4 is 24.1 Å². The van der Waals surface area contributed by atoms with E-state index >= 15 is 0 Å². The van der Waals surface area contributed by atoms with Crippen molar-refractivity contribution in [3.63, 3.8) is 0 Å². The molecule has 142 valence electrons. The van der Waals surface area contributed by atoms with Gasteiger partial charge in [0.15, 0.2) is 0 Å². The van der Waals surface area contributed by atoms with E-state index in [4.69, 9.17) is 19.9 Å². The maximum Gasteiger partial charge on any atom is 0.410 e. The topological polar surface area (TPSA) is 149 Å². The molecule has 11 nitrogen and oxygen atoms in total. The zero-order valence-corrected chi connectivity index (χ0v) is 14.4. The average molecular weight is 360 g/mol. The third-order valence-corrected chi connectivity index (χ3v) is 3.47. The van der Waals surface area contributed by atoms with E-state index < -0.39 is 42.1 Å². The highest BCUT2D eigenvalue weighted by atomic mass is 16.6. The van der Waals surface area contributed by atoms with Gasteiger partial charge in [0.05, 0.1) is 25.9 Å². The van der Waals surface area contributed by atoms with Crippen molar-refractivity contribution in [1.82, 2.24) is 15.8 Å². The van der Waals surface area contributed by atoms with E-state index in [0.717, 1.165) is 4.90 Å². The van der Waals surface area contributed by atoms with Crippen LogP contribution in [0.1, 0.15) is 20.8 Å². The van der Waals surface area contributed by atoms with Crippen molar-refractivity contribution in [3.8, 4) is 0 Å². The van der Waals surface area contributed by atoms with E-state index in [0.29, 0.717) is 0 Å². The van der Waals surface area contributed by atoms with Gasteiger partial charge in [0.25, 0.3) is 0 Å². The van der Waals surface area contributed by atoms with Gasteiger partial charge in [-0.05, 0) is 20.8 Å². The molecule has 0 aromatic carbocycles. The summed E-state index contributed by atoms with van der Waals surface area (Å²) in [7, 11) is 0. The molecule has 1 saturated heterocycles. The largest absolute Gasteiger partial charge is 0.466 e.